The van der Waals surface area contributed by atoms with Gasteiger partial charge in [-0.25, -0.2) is 0 Å². The van der Waals surface area contributed by atoms with E-state index in [2.05, 4.69) is 5.32 Å². The van der Waals surface area contributed by atoms with E-state index >= 15 is 0 Å². The van der Waals surface area contributed by atoms with Crippen LogP contribution in [0.2, 0.25) is 0 Å². The van der Waals surface area contributed by atoms with Gasteiger partial charge in [-0.2, -0.15) is 26.3 Å². The van der Waals surface area contributed by atoms with Crippen LogP contribution in [-0.4, -0.2) is 24.7 Å². The number of benzene rings is 1. The van der Waals surface area contributed by atoms with Crippen molar-refractivity contribution in [3.8, 4) is 0 Å². The van der Waals surface area contributed by atoms with Crippen LogP contribution in [0.1, 0.15) is 23.6 Å². The lowest BCUT2D eigenvalue weighted by Gasteiger charge is -2.15. The molecule has 0 atom stereocenters. The van der Waals surface area contributed by atoms with Crippen LogP contribution >= 0.6 is 12.2 Å². The average molecular weight is 345 g/mol. The summed E-state index contributed by atoms with van der Waals surface area (Å²) < 4.78 is 81.2. The van der Waals surface area contributed by atoms with Crippen LogP contribution in [0.25, 0.3) is 0 Å². The lowest BCUT2D eigenvalue weighted by atomic mass is 10.0. The molecule has 0 saturated carbocycles. The Bertz CT molecular complexity index is 494. The third-order valence-electron chi connectivity index (χ3n) is 2.59. The number of rotatable bonds is 5. The van der Waals surface area contributed by atoms with Gasteiger partial charge >= 0.3 is 12.4 Å². The summed E-state index contributed by atoms with van der Waals surface area (Å²) in [4.78, 5) is -0.198. The zero-order valence-corrected chi connectivity index (χ0v) is 12.3. The van der Waals surface area contributed by atoms with E-state index in [1.165, 1.54) is 0 Å². The molecule has 0 bridgehead atoms. The first-order valence-electron chi connectivity index (χ1n) is 6.21. The lowest BCUT2D eigenvalue weighted by Crippen LogP contribution is -2.27. The van der Waals surface area contributed by atoms with Gasteiger partial charge in [0, 0.05) is 18.7 Å². The zero-order valence-electron chi connectivity index (χ0n) is 11.4. The minimum atomic E-state index is -4.89. The quantitative estimate of drug-likeness (QED) is 0.495. The fraction of sp³-hybridized carbons (Fsp3) is 0.462. The fourth-order valence-corrected chi connectivity index (χ4v) is 1.79. The third-order valence-corrected chi connectivity index (χ3v) is 2.97. The fourth-order valence-electron chi connectivity index (χ4n) is 1.57. The number of halogens is 6. The summed E-state index contributed by atoms with van der Waals surface area (Å²) in [6, 6.07) is 1.24. The SMILES string of the molecule is CCOCCNC(=S)c1cc(C(F)(F)F)cc(C(F)(F)F)c1. The molecule has 0 unspecified atom stereocenters. The Kier molecular flexibility index (Phi) is 6.18. The van der Waals surface area contributed by atoms with Crippen molar-refractivity contribution in [2.75, 3.05) is 19.8 Å². The van der Waals surface area contributed by atoms with E-state index < -0.39 is 23.5 Å². The maximum absolute atomic E-state index is 12.7. The van der Waals surface area contributed by atoms with Gasteiger partial charge in [0.2, 0.25) is 0 Å². The minimum Gasteiger partial charge on any atom is -0.380 e. The topological polar surface area (TPSA) is 21.3 Å². The molecule has 0 radical (unpaired) electrons. The van der Waals surface area contributed by atoms with Gasteiger partial charge < -0.3 is 10.1 Å². The first kappa shape index (κ1) is 18.7. The van der Waals surface area contributed by atoms with Crippen molar-refractivity contribution in [2.45, 2.75) is 19.3 Å². The van der Waals surface area contributed by atoms with Crippen molar-refractivity contribution in [1.29, 1.82) is 0 Å². The van der Waals surface area contributed by atoms with Crippen molar-refractivity contribution < 1.29 is 31.1 Å². The summed E-state index contributed by atoms with van der Waals surface area (Å²) in [5.74, 6) is 0. The summed E-state index contributed by atoms with van der Waals surface area (Å²) in [5.41, 5.74) is -3.13. The molecule has 124 valence electrons. The van der Waals surface area contributed by atoms with E-state index in [1.54, 1.807) is 6.92 Å². The number of hydrogen-bond donors (Lipinski definition) is 1. The van der Waals surface area contributed by atoms with E-state index in [4.69, 9.17) is 17.0 Å². The second-order valence-corrected chi connectivity index (χ2v) is 4.66. The Morgan fingerprint density at radius 3 is 1.95 bits per heavy atom. The van der Waals surface area contributed by atoms with Crippen LogP contribution in [0, 0.1) is 0 Å². The summed E-state index contributed by atoms with van der Waals surface area (Å²) in [5, 5.41) is 2.56. The first-order valence-corrected chi connectivity index (χ1v) is 6.62. The van der Waals surface area contributed by atoms with E-state index in [-0.39, 0.29) is 29.8 Å². The van der Waals surface area contributed by atoms with Gasteiger partial charge in [-0.3, -0.25) is 0 Å². The molecular formula is C13H13F6NOS. The number of alkyl halides is 6. The normalized spacial score (nSPS) is 12.3. The van der Waals surface area contributed by atoms with Gasteiger partial charge in [-0.05, 0) is 25.1 Å². The molecule has 9 heteroatoms. The molecule has 0 saturated heterocycles. The van der Waals surface area contributed by atoms with Crippen molar-refractivity contribution in [1.82, 2.24) is 5.32 Å². The van der Waals surface area contributed by atoms with E-state index in [1.807, 2.05) is 0 Å². The predicted octanol–water partition coefficient (Wildman–Crippen LogP) is 4.03. The Morgan fingerprint density at radius 2 is 1.55 bits per heavy atom. The molecule has 0 fully saturated rings. The van der Waals surface area contributed by atoms with Crippen LogP contribution < -0.4 is 5.32 Å². The van der Waals surface area contributed by atoms with Crippen molar-refractivity contribution in [2.24, 2.45) is 0 Å². The molecule has 0 aliphatic rings. The predicted molar refractivity (Wildman–Crippen MR) is 72.6 cm³/mol. The van der Waals surface area contributed by atoms with Gasteiger partial charge in [0.05, 0.1) is 17.7 Å². The standard InChI is InChI=1S/C13H13F6NOS/c1-2-21-4-3-20-11(22)8-5-9(12(14,15)16)7-10(6-8)13(17,18)19/h5-7H,2-4H2,1H3,(H,20,22). The molecule has 0 aliphatic heterocycles. The molecule has 22 heavy (non-hydrogen) atoms. The van der Waals surface area contributed by atoms with Gasteiger partial charge in [0.1, 0.15) is 4.99 Å². The smallest absolute Gasteiger partial charge is 0.380 e. The summed E-state index contributed by atoms with van der Waals surface area (Å²) in [6.45, 7) is 2.61. The van der Waals surface area contributed by atoms with Crippen LogP contribution in [0.15, 0.2) is 18.2 Å². The van der Waals surface area contributed by atoms with Crippen LogP contribution in [0.5, 0.6) is 0 Å². The largest absolute Gasteiger partial charge is 0.416 e. The number of thiocarbonyl (C=S) groups is 1. The summed E-state index contributed by atoms with van der Waals surface area (Å²) in [6.07, 6.45) is -9.78. The Labute approximate surface area is 128 Å². The Balaban J connectivity index is 3.05. The van der Waals surface area contributed by atoms with Gasteiger partial charge in [-0.15, -0.1) is 0 Å². The van der Waals surface area contributed by atoms with Crippen LogP contribution in [-0.2, 0) is 17.1 Å². The number of nitrogens with one attached hydrogen (secondary N) is 1. The summed E-state index contributed by atoms with van der Waals surface area (Å²) in [7, 11) is 0. The molecule has 0 amide bonds. The Hall–Kier alpha value is -1.35. The molecule has 2 nitrogen and oxygen atoms in total. The zero-order chi connectivity index (χ0) is 17.0. The molecule has 1 N–H and O–H groups in total. The maximum Gasteiger partial charge on any atom is 0.416 e. The lowest BCUT2D eigenvalue weighted by molar-refractivity contribution is -0.143. The number of ether oxygens (including phenoxy) is 1. The third kappa shape index (κ3) is 5.45. The van der Waals surface area contributed by atoms with Crippen molar-refractivity contribution in [3.05, 3.63) is 34.9 Å². The van der Waals surface area contributed by atoms with Crippen molar-refractivity contribution >= 4 is 17.2 Å². The average Bonchev–Trinajstić information content (AvgIpc) is 2.41. The Morgan fingerprint density at radius 1 is 1.05 bits per heavy atom. The monoisotopic (exact) mass is 345 g/mol. The minimum absolute atomic E-state index is 0.0618. The van der Waals surface area contributed by atoms with Crippen LogP contribution in [0.3, 0.4) is 0 Å². The molecule has 0 aliphatic carbocycles. The highest BCUT2D eigenvalue weighted by Gasteiger charge is 2.37. The molecule has 0 heterocycles. The highest BCUT2D eigenvalue weighted by Crippen LogP contribution is 2.36. The van der Waals surface area contributed by atoms with Crippen LogP contribution in [0.4, 0.5) is 26.3 Å². The molecule has 0 spiro atoms. The molecule has 1 rings (SSSR count). The van der Waals surface area contributed by atoms with E-state index in [9.17, 15) is 26.3 Å². The van der Waals surface area contributed by atoms with Gasteiger partial charge in [-0.1, -0.05) is 12.2 Å². The molecular weight excluding hydrogens is 332 g/mol. The second kappa shape index (κ2) is 7.28. The molecule has 1 aromatic carbocycles. The molecule has 1 aromatic rings. The highest BCUT2D eigenvalue weighted by molar-refractivity contribution is 7.80. The van der Waals surface area contributed by atoms with Gasteiger partial charge in [0.15, 0.2) is 0 Å². The highest BCUT2D eigenvalue weighted by atomic mass is 32.1. The molecule has 0 aromatic heterocycles. The summed E-state index contributed by atoms with van der Waals surface area (Å²) >= 11 is 4.83. The van der Waals surface area contributed by atoms with E-state index in [0.29, 0.717) is 18.7 Å². The first-order chi connectivity index (χ1) is 10.1. The second-order valence-electron chi connectivity index (χ2n) is 4.25. The number of hydrogen-bond acceptors (Lipinski definition) is 2. The van der Waals surface area contributed by atoms with E-state index in [0.717, 1.165) is 0 Å². The van der Waals surface area contributed by atoms with Crippen molar-refractivity contribution in [3.63, 3.8) is 0 Å². The van der Waals surface area contributed by atoms with Gasteiger partial charge in [0.25, 0.3) is 0 Å². The maximum atomic E-state index is 12.7.